The van der Waals surface area contributed by atoms with E-state index < -0.39 is 6.04 Å². The van der Waals surface area contributed by atoms with Gasteiger partial charge in [-0.25, -0.2) is 9.38 Å². The lowest BCUT2D eigenvalue weighted by Gasteiger charge is -2.30. The van der Waals surface area contributed by atoms with Gasteiger partial charge in [-0.05, 0) is 34.1 Å². The molecule has 0 saturated carbocycles. The summed E-state index contributed by atoms with van der Waals surface area (Å²) in [6, 6.07) is -0.472. The van der Waals surface area contributed by atoms with Crippen molar-refractivity contribution in [3.63, 3.8) is 0 Å². The van der Waals surface area contributed by atoms with Crippen molar-refractivity contribution in [1.82, 2.24) is 10.6 Å². The lowest BCUT2D eigenvalue weighted by molar-refractivity contribution is 0.0616. The van der Waals surface area contributed by atoms with Gasteiger partial charge in [0.1, 0.15) is 6.10 Å². The van der Waals surface area contributed by atoms with Crippen LogP contribution in [0.15, 0.2) is 21.8 Å². The zero-order valence-corrected chi connectivity index (χ0v) is 14.0. The Morgan fingerprint density at radius 1 is 1.59 bits per heavy atom. The van der Waals surface area contributed by atoms with Crippen molar-refractivity contribution in [2.75, 3.05) is 13.7 Å². The summed E-state index contributed by atoms with van der Waals surface area (Å²) < 4.78 is 19.6. The fourth-order valence-corrected chi connectivity index (χ4v) is 2.04. The van der Waals surface area contributed by atoms with Gasteiger partial charge in [-0.15, -0.1) is 0 Å². The second-order valence-electron chi connectivity index (χ2n) is 5.94. The molecule has 1 heterocycles. The number of hydrogen-bond acceptors (Lipinski definition) is 6. The first kappa shape index (κ1) is 18.4. The highest BCUT2D eigenvalue weighted by Gasteiger charge is 2.27. The summed E-state index contributed by atoms with van der Waals surface area (Å²) in [6.07, 6.45) is 4.08. The van der Waals surface area contributed by atoms with Crippen LogP contribution in [-0.2, 0) is 9.57 Å². The Morgan fingerprint density at radius 2 is 2.32 bits per heavy atom. The minimum atomic E-state index is -0.472. The number of nitrogens with zero attached hydrogens (tertiary/aromatic N) is 2. The van der Waals surface area contributed by atoms with Gasteiger partial charge in [0.15, 0.2) is 11.6 Å². The summed E-state index contributed by atoms with van der Waals surface area (Å²) in [5.74, 6) is -0.0556. The van der Waals surface area contributed by atoms with E-state index in [1.165, 1.54) is 6.34 Å². The van der Waals surface area contributed by atoms with Crippen LogP contribution >= 0.6 is 0 Å². The highest BCUT2D eigenvalue weighted by molar-refractivity contribution is 5.59. The molecule has 6 nitrogen and oxygen atoms in total. The molecule has 126 valence electrons. The van der Waals surface area contributed by atoms with Gasteiger partial charge in [-0.1, -0.05) is 5.16 Å². The van der Waals surface area contributed by atoms with Crippen LogP contribution in [0.4, 0.5) is 4.39 Å². The van der Waals surface area contributed by atoms with Gasteiger partial charge in [0, 0.05) is 31.9 Å². The molecule has 0 radical (unpaired) electrons. The summed E-state index contributed by atoms with van der Waals surface area (Å²) in [6.45, 7) is 8.19. The van der Waals surface area contributed by atoms with E-state index in [-0.39, 0.29) is 23.3 Å². The largest absolute Gasteiger partial charge is 0.393 e. The van der Waals surface area contributed by atoms with Crippen molar-refractivity contribution in [3.05, 3.63) is 11.6 Å². The highest BCUT2D eigenvalue weighted by atomic mass is 19.1. The Labute approximate surface area is 131 Å². The number of halogens is 1. The van der Waals surface area contributed by atoms with E-state index in [0.29, 0.717) is 13.0 Å². The first-order valence-electron chi connectivity index (χ1n) is 7.48. The van der Waals surface area contributed by atoms with Gasteiger partial charge in [0.25, 0.3) is 0 Å². The van der Waals surface area contributed by atoms with Crippen molar-refractivity contribution in [2.24, 2.45) is 10.1 Å². The minimum Gasteiger partial charge on any atom is -0.393 e. The minimum absolute atomic E-state index is 0.200. The molecule has 1 aliphatic heterocycles. The van der Waals surface area contributed by atoms with Crippen molar-refractivity contribution < 1.29 is 14.0 Å². The van der Waals surface area contributed by atoms with E-state index in [1.54, 1.807) is 20.2 Å². The fourth-order valence-electron chi connectivity index (χ4n) is 2.04. The van der Waals surface area contributed by atoms with E-state index in [1.807, 2.05) is 20.8 Å². The summed E-state index contributed by atoms with van der Waals surface area (Å²) in [5, 5.41) is 9.78. The van der Waals surface area contributed by atoms with Gasteiger partial charge >= 0.3 is 0 Å². The average molecular weight is 314 g/mol. The smallest absolute Gasteiger partial charge is 0.164 e. The van der Waals surface area contributed by atoms with Crippen LogP contribution in [0.1, 0.15) is 40.5 Å². The lowest BCUT2D eigenvalue weighted by Crippen LogP contribution is -2.43. The molecule has 0 amide bonds. The van der Waals surface area contributed by atoms with Crippen molar-refractivity contribution in [3.8, 4) is 0 Å². The predicted octanol–water partition coefficient (Wildman–Crippen LogP) is 2.33. The Morgan fingerprint density at radius 3 is 2.95 bits per heavy atom. The third-order valence-electron chi connectivity index (χ3n) is 3.30. The van der Waals surface area contributed by atoms with Gasteiger partial charge < -0.3 is 20.2 Å². The van der Waals surface area contributed by atoms with Crippen LogP contribution < -0.4 is 10.6 Å². The third-order valence-corrected chi connectivity index (χ3v) is 3.30. The number of ether oxygens (including phenoxy) is 1. The van der Waals surface area contributed by atoms with Crippen LogP contribution in [0.25, 0.3) is 0 Å². The Kier molecular flexibility index (Phi) is 7.31. The van der Waals surface area contributed by atoms with E-state index >= 15 is 0 Å². The Balaban J connectivity index is 2.68. The van der Waals surface area contributed by atoms with Gasteiger partial charge in [0.2, 0.25) is 0 Å². The molecule has 0 bridgehead atoms. The first-order valence-corrected chi connectivity index (χ1v) is 7.48. The first-order chi connectivity index (χ1) is 10.4. The summed E-state index contributed by atoms with van der Waals surface area (Å²) in [4.78, 5) is 9.26. The number of aliphatic imine (C=N–C) groups is 1. The van der Waals surface area contributed by atoms with E-state index in [0.717, 1.165) is 6.42 Å². The average Bonchev–Trinajstić information content (AvgIpc) is 2.47. The second kappa shape index (κ2) is 8.73. The normalized spacial score (nSPS) is 20.2. The maximum absolute atomic E-state index is 14.6. The topological polar surface area (TPSA) is 67.2 Å². The third kappa shape index (κ3) is 6.01. The molecule has 2 unspecified atom stereocenters. The molecule has 0 fully saturated rings. The molecule has 2 atom stereocenters. The molecular formula is C15H27FN4O2. The van der Waals surface area contributed by atoms with Crippen molar-refractivity contribution in [2.45, 2.75) is 58.2 Å². The van der Waals surface area contributed by atoms with Crippen LogP contribution in [0.2, 0.25) is 0 Å². The number of hydrogen-bond donors (Lipinski definition) is 2. The molecule has 7 heteroatoms. The standard InChI is InChI=1S/C15H27FN4O2/c1-6-19-22-11(2)9-12-13(16)14(18-10-17-12)20-15(3,4)7-8-21-5/h6,10-12,20H,7-9H2,1-5H3,(H,17,18)/b19-6+. The maximum atomic E-state index is 14.6. The van der Waals surface area contributed by atoms with Gasteiger partial charge in [-0.3, -0.25) is 0 Å². The lowest BCUT2D eigenvalue weighted by atomic mass is 10.0. The van der Waals surface area contributed by atoms with Crippen molar-refractivity contribution >= 4 is 12.6 Å². The molecule has 0 aromatic heterocycles. The van der Waals surface area contributed by atoms with E-state index in [2.05, 4.69) is 20.8 Å². The number of nitrogens with one attached hydrogen (secondary N) is 2. The Hall–Kier alpha value is -1.63. The molecule has 0 aromatic carbocycles. The van der Waals surface area contributed by atoms with Crippen LogP contribution in [0.3, 0.4) is 0 Å². The molecule has 0 aromatic rings. The van der Waals surface area contributed by atoms with Crippen LogP contribution in [0, 0.1) is 0 Å². The van der Waals surface area contributed by atoms with E-state index in [9.17, 15) is 4.39 Å². The summed E-state index contributed by atoms with van der Waals surface area (Å²) >= 11 is 0. The quantitative estimate of drug-likeness (QED) is 0.506. The molecule has 1 rings (SSSR count). The van der Waals surface area contributed by atoms with Gasteiger partial charge in [-0.2, -0.15) is 0 Å². The molecule has 0 saturated heterocycles. The second-order valence-corrected chi connectivity index (χ2v) is 5.94. The number of oxime groups is 1. The SMILES string of the molecule is C/C=N/OC(C)CC1NC=NC(NC(C)(C)CCOC)=C1F. The van der Waals surface area contributed by atoms with E-state index in [4.69, 9.17) is 9.57 Å². The zero-order valence-electron chi connectivity index (χ0n) is 14.0. The predicted molar refractivity (Wildman–Crippen MR) is 86.6 cm³/mol. The Bertz CT molecular complexity index is 435. The molecule has 0 spiro atoms. The summed E-state index contributed by atoms with van der Waals surface area (Å²) in [7, 11) is 1.65. The molecule has 22 heavy (non-hydrogen) atoms. The monoisotopic (exact) mass is 314 g/mol. The summed E-state index contributed by atoms with van der Waals surface area (Å²) in [5.41, 5.74) is -0.309. The molecule has 0 aliphatic carbocycles. The number of rotatable bonds is 9. The number of methoxy groups -OCH3 is 1. The zero-order chi connectivity index (χ0) is 16.6. The molecule has 2 N–H and O–H groups in total. The maximum Gasteiger partial charge on any atom is 0.164 e. The van der Waals surface area contributed by atoms with Crippen molar-refractivity contribution in [1.29, 1.82) is 0 Å². The van der Waals surface area contributed by atoms with Crippen LogP contribution in [0.5, 0.6) is 0 Å². The molecule has 1 aliphatic rings. The highest BCUT2D eigenvalue weighted by Crippen LogP contribution is 2.21. The van der Waals surface area contributed by atoms with Gasteiger partial charge in [0.05, 0.1) is 12.4 Å². The molecular weight excluding hydrogens is 287 g/mol. The fraction of sp³-hybridized carbons (Fsp3) is 0.733. The van der Waals surface area contributed by atoms with Crippen LogP contribution in [-0.4, -0.2) is 44.0 Å².